The van der Waals surface area contributed by atoms with E-state index in [1.165, 1.54) is 17.9 Å². The topological polar surface area (TPSA) is 101 Å². The summed E-state index contributed by atoms with van der Waals surface area (Å²) in [5.74, 6) is -0.232. The maximum Gasteiger partial charge on any atom is 0.250 e. The van der Waals surface area contributed by atoms with E-state index in [0.717, 1.165) is 11.3 Å². The van der Waals surface area contributed by atoms with Gasteiger partial charge in [-0.1, -0.05) is 6.07 Å². The molecule has 2 heterocycles. The molecule has 0 aromatic carbocycles. The third-order valence-electron chi connectivity index (χ3n) is 3.46. The quantitative estimate of drug-likeness (QED) is 0.767. The van der Waals surface area contributed by atoms with Gasteiger partial charge in [-0.15, -0.1) is 11.3 Å². The average Bonchev–Trinajstić information content (AvgIpc) is 3.03. The number of rotatable bonds is 6. The molecule has 1 N–H and O–H groups in total. The zero-order valence-electron chi connectivity index (χ0n) is 12.1. The van der Waals surface area contributed by atoms with Crippen LogP contribution in [0.2, 0.25) is 0 Å². The van der Waals surface area contributed by atoms with E-state index in [-0.39, 0.29) is 40.8 Å². The van der Waals surface area contributed by atoms with Gasteiger partial charge >= 0.3 is 0 Å². The number of hydrogen-bond donors (Lipinski definition) is 1. The summed E-state index contributed by atoms with van der Waals surface area (Å²) in [6, 6.07) is 2.78. The Labute approximate surface area is 134 Å². The highest BCUT2D eigenvalue weighted by Crippen LogP contribution is 2.18. The molecule has 2 rings (SSSR count). The molecule has 0 aliphatic carbocycles. The second kappa shape index (κ2) is 6.65. The lowest BCUT2D eigenvalue weighted by Gasteiger charge is -2.27. The molecule has 1 amide bonds. The lowest BCUT2D eigenvalue weighted by molar-refractivity contribution is -0.130. The molecule has 124 valence electrons. The summed E-state index contributed by atoms with van der Waals surface area (Å²) in [5.41, 5.74) is 0. The van der Waals surface area contributed by atoms with Gasteiger partial charge in [0.2, 0.25) is 15.9 Å². The van der Waals surface area contributed by atoms with Gasteiger partial charge in [0.25, 0.3) is 0 Å². The monoisotopic (exact) mass is 366 g/mol. The number of hydrogen-bond acceptors (Lipinski definition) is 6. The van der Waals surface area contributed by atoms with Gasteiger partial charge in [-0.25, -0.2) is 21.6 Å². The molecular weight excluding hydrogens is 348 g/mol. The van der Waals surface area contributed by atoms with Gasteiger partial charge in [0.15, 0.2) is 9.84 Å². The van der Waals surface area contributed by atoms with Gasteiger partial charge in [0, 0.05) is 26.1 Å². The number of amides is 1. The highest BCUT2D eigenvalue weighted by Gasteiger charge is 2.33. The van der Waals surface area contributed by atoms with Crippen molar-refractivity contribution in [3.8, 4) is 0 Å². The molecule has 1 aromatic rings. The van der Waals surface area contributed by atoms with Crippen LogP contribution >= 0.6 is 11.3 Å². The van der Waals surface area contributed by atoms with Gasteiger partial charge in [-0.2, -0.15) is 0 Å². The molecule has 0 spiro atoms. The molecule has 0 saturated carbocycles. The Morgan fingerprint density at radius 2 is 2.23 bits per heavy atom. The molecule has 7 nitrogen and oxygen atoms in total. The molecule has 1 aromatic heterocycles. The van der Waals surface area contributed by atoms with Crippen LogP contribution in [0.25, 0.3) is 0 Å². The van der Waals surface area contributed by atoms with Gasteiger partial charge in [0.1, 0.15) is 4.21 Å². The number of nitrogens with zero attached hydrogens (tertiary/aromatic N) is 1. The van der Waals surface area contributed by atoms with E-state index >= 15 is 0 Å². The molecule has 1 atom stereocenters. The highest BCUT2D eigenvalue weighted by molar-refractivity contribution is 7.91. The molecule has 1 saturated heterocycles. The van der Waals surface area contributed by atoms with Crippen LogP contribution in [-0.2, 0) is 24.7 Å². The van der Waals surface area contributed by atoms with Crippen LogP contribution < -0.4 is 4.72 Å². The Kier molecular flexibility index (Phi) is 5.25. The number of thiophene rings is 1. The predicted octanol–water partition coefficient (Wildman–Crippen LogP) is 0.0620. The fraction of sp³-hybridized carbons (Fsp3) is 0.583. The Balaban J connectivity index is 1.95. The maximum atomic E-state index is 12.0. The smallest absolute Gasteiger partial charge is 0.250 e. The third kappa shape index (κ3) is 4.28. The Hall–Kier alpha value is -0.970. The van der Waals surface area contributed by atoms with Crippen molar-refractivity contribution in [2.75, 3.05) is 24.6 Å². The van der Waals surface area contributed by atoms with E-state index in [4.69, 9.17) is 0 Å². The van der Waals surface area contributed by atoms with E-state index in [2.05, 4.69) is 4.72 Å². The fourth-order valence-electron chi connectivity index (χ4n) is 2.41. The van der Waals surface area contributed by atoms with Gasteiger partial charge in [-0.05, 0) is 17.9 Å². The second-order valence-corrected chi connectivity index (χ2v) is 10.3. The summed E-state index contributed by atoms with van der Waals surface area (Å²) < 4.78 is 49.6. The number of nitrogens with one attached hydrogen (secondary N) is 1. The van der Waals surface area contributed by atoms with Crippen molar-refractivity contribution in [1.82, 2.24) is 9.62 Å². The maximum absolute atomic E-state index is 12.0. The summed E-state index contributed by atoms with van der Waals surface area (Å²) >= 11 is 1.11. The van der Waals surface area contributed by atoms with Crippen molar-refractivity contribution in [3.05, 3.63) is 17.5 Å². The normalized spacial score (nSPS) is 20.9. The highest BCUT2D eigenvalue weighted by atomic mass is 32.2. The molecule has 1 aliphatic heterocycles. The van der Waals surface area contributed by atoms with Crippen LogP contribution in [-0.4, -0.2) is 58.3 Å². The van der Waals surface area contributed by atoms with Crippen molar-refractivity contribution >= 4 is 37.1 Å². The summed E-state index contributed by atoms with van der Waals surface area (Å²) in [6.45, 7) is 1.56. The molecule has 1 unspecified atom stereocenters. The fourth-order valence-corrected chi connectivity index (χ4v) is 6.20. The molecule has 1 fully saturated rings. The summed E-state index contributed by atoms with van der Waals surface area (Å²) in [7, 11) is -6.67. The van der Waals surface area contributed by atoms with Crippen LogP contribution in [0.1, 0.15) is 13.3 Å². The number of carbonyl (C=O) groups excluding carboxylic acids is 1. The standard InChI is InChI=1S/C12H18N2O5S3/c1-10(15)14(11-4-8-21(16,17)9-11)6-5-13-22(18,19)12-3-2-7-20-12/h2-3,7,11,13H,4-6,8-9H2,1H3. The molecule has 0 bridgehead atoms. The van der Waals surface area contributed by atoms with E-state index < -0.39 is 19.9 Å². The minimum Gasteiger partial charge on any atom is -0.338 e. The van der Waals surface area contributed by atoms with Crippen molar-refractivity contribution in [2.24, 2.45) is 0 Å². The largest absolute Gasteiger partial charge is 0.338 e. The molecule has 22 heavy (non-hydrogen) atoms. The van der Waals surface area contributed by atoms with E-state index in [1.54, 1.807) is 11.4 Å². The molecule has 1 aliphatic rings. The first-order valence-electron chi connectivity index (χ1n) is 6.72. The Morgan fingerprint density at radius 3 is 2.73 bits per heavy atom. The lowest BCUT2D eigenvalue weighted by Crippen LogP contribution is -2.44. The first kappa shape index (κ1) is 17.4. The molecule has 0 radical (unpaired) electrons. The van der Waals surface area contributed by atoms with Crippen LogP contribution in [0, 0.1) is 0 Å². The van der Waals surface area contributed by atoms with Crippen LogP contribution in [0.15, 0.2) is 21.7 Å². The van der Waals surface area contributed by atoms with Crippen molar-refractivity contribution in [2.45, 2.75) is 23.6 Å². The first-order chi connectivity index (χ1) is 10.2. The van der Waals surface area contributed by atoms with Crippen molar-refractivity contribution in [3.63, 3.8) is 0 Å². The number of sulfone groups is 1. The Morgan fingerprint density at radius 1 is 1.50 bits per heavy atom. The number of sulfonamides is 1. The first-order valence-corrected chi connectivity index (χ1v) is 10.9. The van der Waals surface area contributed by atoms with Gasteiger partial charge in [0.05, 0.1) is 11.5 Å². The van der Waals surface area contributed by atoms with Crippen molar-refractivity contribution in [1.29, 1.82) is 0 Å². The summed E-state index contributed by atoms with van der Waals surface area (Å²) in [6.07, 6.45) is 0.402. The van der Waals surface area contributed by atoms with E-state index in [0.29, 0.717) is 6.42 Å². The lowest BCUT2D eigenvalue weighted by atomic mass is 10.2. The van der Waals surface area contributed by atoms with Crippen LogP contribution in [0.4, 0.5) is 0 Å². The molecular formula is C12H18N2O5S3. The van der Waals surface area contributed by atoms with Crippen LogP contribution in [0.3, 0.4) is 0 Å². The zero-order valence-corrected chi connectivity index (χ0v) is 14.5. The van der Waals surface area contributed by atoms with E-state index in [9.17, 15) is 21.6 Å². The van der Waals surface area contributed by atoms with E-state index in [1.807, 2.05) is 0 Å². The van der Waals surface area contributed by atoms with Gasteiger partial charge in [-0.3, -0.25) is 4.79 Å². The summed E-state index contributed by atoms with van der Waals surface area (Å²) in [4.78, 5) is 13.1. The third-order valence-corrected chi connectivity index (χ3v) is 8.07. The average molecular weight is 366 g/mol. The minimum atomic E-state index is -3.57. The predicted molar refractivity (Wildman–Crippen MR) is 84.0 cm³/mol. The SMILES string of the molecule is CC(=O)N(CCNS(=O)(=O)c1cccs1)C1CCS(=O)(=O)C1. The molecule has 10 heteroatoms. The van der Waals surface area contributed by atoms with Crippen molar-refractivity contribution < 1.29 is 21.6 Å². The zero-order chi connectivity index (χ0) is 16.4. The summed E-state index contributed by atoms with van der Waals surface area (Å²) in [5, 5.41) is 1.67. The second-order valence-electron chi connectivity index (χ2n) is 5.10. The van der Waals surface area contributed by atoms with Crippen LogP contribution in [0.5, 0.6) is 0 Å². The Bertz CT molecular complexity index is 725. The minimum absolute atomic E-state index is 0.0513. The number of carbonyl (C=O) groups is 1. The van der Waals surface area contributed by atoms with Gasteiger partial charge < -0.3 is 4.90 Å².